The van der Waals surface area contributed by atoms with E-state index in [1.165, 1.54) is 29.0 Å². The van der Waals surface area contributed by atoms with E-state index < -0.39 is 11.7 Å². The highest BCUT2D eigenvalue weighted by atomic mass is 35.5. The standard InChI is InChI=1S/C22H19ClFN7O/c1-14-18(22(23)30(27-14)13-16-6-4-3-5-7-16)9-11-21(32)25-17-8-10-19(24)20(12-17)31-15(2)26-28-29-31/h3-12H,13H2,1-2H3,(H,25,32)/b11-9+. The number of aryl methyl sites for hydroxylation is 2. The highest BCUT2D eigenvalue weighted by molar-refractivity contribution is 6.31. The van der Waals surface area contributed by atoms with Gasteiger partial charge in [0.15, 0.2) is 5.82 Å². The predicted octanol–water partition coefficient (Wildman–Crippen LogP) is 3.97. The van der Waals surface area contributed by atoms with Gasteiger partial charge in [0.25, 0.3) is 0 Å². The van der Waals surface area contributed by atoms with Gasteiger partial charge in [-0.05, 0) is 54.1 Å². The van der Waals surface area contributed by atoms with Crippen molar-refractivity contribution in [3.63, 3.8) is 0 Å². The lowest BCUT2D eigenvalue weighted by atomic mass is 10.2. The Kier molecular flexibility index (Phi) is 6.09. The van der Waals surface area contributed by atoms with E-state index in [-0.39, 0.29) is 5.69 Å². The summed E-state index contributed by atoms with van der Waals surface area (Å²) in [5, 5.41) is 18.6. The Hall–Kier alpha value is -3.85. The Balaban J connectivity index is 1.49. The fraction of sp³-hybridized carbons (Fsp3) is 0.136. The minimum Gasteiger partial charge on any atom is -0.322 e. The molecule has 1 N–H and O–H groups in total. The van der Waals surface area contributed by atoms with E-state index in [0.29, 0.717) is 34.5 Å². The zero-order valence-electron chi connectivity index (χ0n) is 17.3. The van der Waals surface area contributed by atoms with E-state index in [9.17, 15) is 9.18 Å². The van der Waals surface area contributed by atoms with Crippen LogP contribution in [0.5, 0.6) is 0 Å². The number of nitrogens with zero attached hydrogens (tertiary/aromatic N) is 6. The number of anilines is 1. The van der Waals surface area contributed by atoms with Gasteiger partial charge in [-0.3, -0.25) is 4.79 Å². The Morgan fingerprint density at radius 1 is 1.19 bits per heavy atom. The van der Waals surface area contributed by atoms with Crippen LogP contribution in [0.4, 0.5) is 10.1 Å². The molecule has 0 radical (unpaired) electrons. The topological polar surface area (TPSA) is 90.5 Å². The molecule has 8 nitrogen and oxygen atoms in total. The van der Waals surface area contributed by atoms with Crippen molar-refractivity contribution < 1.29 is 9.18 Å². The first kappa shape index (κ1) is 21.4. The number of amides is 1. The van der Waals surface area contributed by atoms with E-state index in [4.69, 9.17) is 11.6 Å². The second-order valence-corrected chi connectivity index (χ2v) is 7.42. The highest BCUT2D eigenvalue weighted by Gasteiger charge is 2.13. The summed E-state index contributed by atoms with van der Waals surface area (Å²) < 4.78 is 17.1. The molecule has 0 saturated carbocycles. The molecule has 10 heteroatoms. The van der Waals surface area contributed by atoms with Crippen molar-refractivity contribution in [1.29, 1.82) is 0 Å². The van der Waals surface area contributed by atoms with Crippen molar-refractivity contribution in [3.05, 3.63) is 88.2 Å². The van der Waals surface area contributed by atoms with Gasteiger partial charge in [0, 0.05) is 17.3 Å². The van der Waals surface area contributed by atoms with Crippen LogP contribution < -0.4 is 5.32 Å². The average Bonchev–Trinajstić information content (AvgIpc) is 3.31. The summed E-state index contributed by atoms with van der Waals surface area (Å²) in [5.41, 5.74) is 2.95. The molecule has 0 aliphatic rings. The van der Waals surface area contributed by atoms with E-state index in [1.807, 2.05) is 37.3 Å². The van der Waals surface area contributed by atoms with Gasteiger partial charge < -0.3 is 5.32 Å². The van der Waals surface area contributed by atoms with Crippen molar-refractivity contribution in [2.24, 2.45) is 0 Å². The van der Waals surface area contributed by atoms with Crippen LogP contribution in [0.25, 0.3) is 11.8 Å². The number of tetrazole rings is 1. The first-order valence-electron chi connectivity index (χ1n) is 9.73. The lowest BCUT2D eigenvalue weighted by Gasteiger charge is -2.07. The summed E-state index contributed by atoms with van der Waals surface area (Å²) in [4.78, 5) is 12.4. The van der Waals surface area contributed by atoms with Crippen LogP contribution >= 0.6 is 11.6 Å². The molecular weight excluding hydrogens is 433 g/mol. The SMILES string of the molecule is Cc1nn(Cc2ccccc2)c(Cl)c1/C=C/C(=O)Nc1ccc(F)c(-n2nnnc2C)c1. The summed E-state index contributed by atoms with van der Waals surface area (Å²) >= 11 is 6.49. The third-order valence-electron chi connectivity index (χ3n) is 4.75. The van der Waals surface area contributed by atoms with Gasteiger partial charge in [-0.25, -0.2) is 9.07 Å². The molecular formula is C22H19ClFN7O. The van der Waals surface area contributed by atoms with Gasteiger partial charge in [-0.1, -0.05) is 41.9 Å². The molecule has 0 aliphatic heterocycles. The molecule has 1 amide bonds. The summed E-state index contributed by atoms with van der Waals surface area (Å²) in [6, 6.07) is 14.0. The number of halogens is 2. The van der Waals surface area contributed by atoms with Crippen molar-refractivity contribution in [2.45, 2.75) is 20.4 Å². The van der Waals surface area contributed by atoms with Gasteiger partial charge in [-0.2, -0.15) is 9.78 Å². The molecule has 2 aromatic carbocycles. The van der Waals surface area contributed by atoms with Crippen LogP contribution in [0, 0.1) is 19.7 Å². The van der Waals surface area contributed by atoms with E-state index in [1.54, 1.807) is 17.7 Å². The monoisotopic (exact) mass is 451 g/mol. The number of carbonyl (C=O) groups is 1. The molecule has 0 spiro atoms. The van der Waals surface area contributed by atoms with Gasteiger partial charge in [0.1, 0.15) is 16.7 Å². The molecule has 0 fully saturated rings. The fourth-order valence-electron chi connectivity index (χ4n) is 3.17. The van der Waals surface area contributed by atoms with Crippen molar-refractivity contribution in [3.8, 4) is 5.69 Å². The van der Waals surface area contributed by atoms with Crippen LogP contribution in [-0.4, -0.2) is 35.9 Å². The minimum absolute atomic E-state index is 0.135. The zero-order valence-corrected chi connectivity index (χ0v) is 18.1. The maximum atomic E-state index is 14.2. The predicted molar refractivity (Wildman–Crippen MR) is 119 cm³/mol. The van der Waals surface area contributed by atoms with Crippen molar-refractivity contribution in [2.75, 3.05) is 5.32 Å². The molecule has 32 heavy (non-hydrogen) atoms. The Morgan fingerprint density at radius 3 is 2.69 bits per heavy atom. The summed E-state index contributed by atoms with van der Waals surface area (Å²) in [5.74, 6) is -0.491. The minimum atomic E-state index is -0.512. The molecule has 0 bridgehead atoms. The number of rotatable bonds is 6. The molecule has 0 atom stereocenters. The number of carbonyl (C=O) groups excluding carboxylic acids is 1. The van der Waals surface area contributed by atoms with Gasteiger partial charge in [0.05, 0.1) is 12.2 Å². The molecule has 4 aromatic rings. The highest BCUT2D eigenvalue weighted by Crippen LogP contribution is 2.23. The third-order valence-corrected chi connectivity index (χ3v) is 5.15. The smallest absolute Gasteiger partial charge is 0.248 e. The van der Waals surface area contributed by atoms with Crippen LogP contribution in [0.2, 0.25) is 5.15 Å². The van der Waals surface area contributed by atoms with Crippen LogP contribution in [-0.2, 0) is 11.3 Å². The summed E-state index contributed by atoms with van der Waals surface area (Å²) in [7, 11) is 0. The average molecular weight is 452 g/mol. The first-order valence-corrected chi connectivity index (χ1v) is 10.1. The first-order chi connectivity index (χ1) is 15.4. The maximum Gasteiger partial charge on any atom is 0.248 e. The fourth-order valence-corrected chi connectivity index (χ4v) is 3.46. The quantitative estimate of drug-likeness (QED) is 0.448. The number of benzene rings is 2. The van der Waals surface area contributed by atoms with Crippen molar-refractivity contribution >= 4 is 29.3 Å². The molecule has 0 aliphatic carbocycles. The van der Waals surface area contributed by atoms with Crippen LogP contribution in [0.15, 0.2) is 54.6 Å². The van der Waals surface area contributed by atoms with Gasteiger partial charge >= 0.3 is 0 Å². The Morgan fingerprint density at radius 2 is 1.97 bits per heavy atom. The number of hydrogen-bond acceptors (Lipinski definition) is 5. The van der Waals surface area contributed by atoms with E-state index in [0.717, 1.165) is 5.56 Å². The molecule has 162 valence electrons. The van der Waals surface area contributed by atoms with Gasteiger partial charge in [0.2, 0.25) is 5.91 Å². The van der Waals surface area contributed by atoms with Crippen molar-refractivity contribution in [1.82, 2.24) is 30.0 Å². The molecule has 2 aromatic heterocycles. The van der Waals surface area contributed by atoms with Crippen LogP contribution in [0.3, 0.4) is 0 Å². The molecule has 2 heterocycles. The molecule has 4 rings (SSSR count). The lowest BCUT2D eigenvalue weighted by Crippen LogP contribution is -2.09. The second kappa shape index (κ2) is 9.11. The zero-order chi connectivity index (χ0) is 22.7. The second-order valence-electron chi connectivity index (χ2n) is 7.06. The normalized spacial score (nSPS) is 11.2. The molecule has 0 unspecified atom stereocenters. The number of nitrogens with one attached hydrogen (secondary N) is 1. The lowest BCUT2D eigenvalue weighted by molar-refractivity contribution is -0.111. The Bertz CT molecular complexity index is 1300. The summed E-state index contributed by atoms with van der Waals surface area (Å²) in [6.07, 6.45) is 2.96. The van der Waals surface area contributed by atoms with Crippen LogP contribution in [0.1, 0.15) is 22.6 Å². The maximum absolute atomic E-state index is 14.2. The largest absolute Gasteiger partial charge is 0.322 e. The third kappa shape index (κ3) is 4.57. The number of hydrogen-bond donors (Lipinski definition) is 1. The van der Waals surface area contributed by atoms with Gasteiger partial charge in [-0.15, -0.1) is 5.10 Å². The Labute approximate surface area is 188 Å². The molecule has 0 saturated heterocycles. The summed E-state index contributed by atoms with van der Waals surface area (Å²) in [6.45, 7) is 4.00. The number of aromatic nitrogens is 6. The van der Waals surface area contributed by atoms with E-state index >= 15 is 0 Å². The van der Waals surface area contributed by atoms with E-state index in [2.05, 4.69) is 25.9 Å².